The van der Waals surface area contributed by atoms with Crippen molar-refractivity contribution < 1.29 is 4.74 Å². The number of hydrogen-bond acceptors (Lipinski definition) is 3. The summed E-state index contributed by atoms with van der Waals surface area (Å²) in [6.45, 7) is 10.1. The molecule has 0 aliphatic rings. The van der Waals surface area contributed by atoms with Crippen LogP contribution in [0.1, 0.15) is 38.6 Å². The number of methoxy groups -OCH3 is 1. The first kappa shape index (κ1) is 17.5. The molecule has 0 spiro atoms. The predicted octanol–water partition coefficient (Wildman–Crippen LogP) is 2.92. The van der Waals surface area contributed by atoms with Gasteiger partial charge in [-0.25, -0.2) is 0 Å². The van der Waals surface area contributed by atoms with Crippen LogP contribution in [0.5, 0.6) is 0 Å². The van der Waals surface area contributed by atoms with Gasteiger partial charge in [0, 0.05) is 20.2 Å². The average molecular weight is 302 g/mol. The van der Waals surface area contributed by atoms with E-state index >= 15 is 0 Å². The van der Waals surface area contributed by atoms with Crippen LogP contribution in [-0.2, 0) is 24.1 Å². The number of nitrogens with one attached hydrogen (secondary N) is 1. The second-order valence-corrected chi connectivity index (χ2v) is 5.60. The summed E-state index contributed by atoms with van der Waals surface area (Å²) in [6.07, 6.45) is 3.01. The van der Waals surface area contributed by atoms with Crippen LogP contribution in [0.3, 0.4) is 0 Å². The Bertz CT molecular complexity index is 393. The van der Waals surface area contributed by atoms with Gasteiger partial charge in [0.15, 0.2) is 0 Å². The molecule has 0 aliphatic carbocycles. The Labute approximate surface area is 127 Å². The highest BCUT2D eigenvalue weighted by Crippen LogP contribution is 2.23. The molecule has 1 rings (SSSR count). The van der Waals surface area contributed by atoms with Gasteiger partial charge in [-0.05, 0) is 38.6 Å². The molecule has 0 radical (unpaired) electrons. The van der Waals surface area contributed by atoms with Gasteiger partial charge in [-0.1, -0.05) is 25.4 Å². The molecule has 0 aromatic carbocycles. The van der Waals surface area contributed by atoms with Crippen LogP contribution in [0.2, 0.25) is 5.02 Å². The van der Waals surface area contributed by atoms with E-state index in [1.54, 1.807) is 7.11 Å². The van der Waals surface area contributed by atoms with Crippen molar-refractivity contribution in [1.82, 2.24) is 15.1 Å². The molecule has 1 heterocycles. The fourth-order valence-corrected chi connectivity index (χ4v) is 2.63. The first-order valence-electron chi connectivity index (χ1n) is 7.57. The Morgan fingerprint density at radius 3 is 2.75 bits per heavy atom. The molecule has 4 nitrogen and oxygen atoms in total. The normalized spacial score (nSPS) is 12.8. The summed E-state index contributed by atoms with van der Waals surface area (Å²) in [6, 6.07) is 0. The maximum atomic E-state index is 6.42. The molecule has 1 atom stereocenters. The molecule has 0 aliphatic heterocycles. The lowest BCUT2D eigenvalue weighted by molar-refractivity contribution is 0.198. The quantitative estimate of drug-likeness (QED) is 0.675. The summed E-state index contributed by atoms with van der Waals surface area (Å²) in [4.78, 5) is 0. The zero-order valence-corrected chi connectivity index (χ0v) is 14.0. The van der Waals surface area contributed by atoms with E-state index in [1.807, 2.05) is 4.68 Å². The molecule has 0 fully saturated rings. The van der Waals surface area contributed by atoms with E-state index in [-0.39, 0.29) is 0 Å². The fraction of sp³-hybridized carbons (Fsp3) is 0.800. The molecule has 0 bridgehead atoms. The van der Waals surface area contributed by atoms with Crippen molar-refractivity contribution in [2.45, 2.75) is 46.6 Å². The highest BCUT2D eigenvalue weighted by molar-refractivity contribution is 6.31. The molecular weight excluding hydrogens is 274 g/mol. The Morgan fingerprint density at radius 1 is 1.40 bits per heavy atom. The summed E-state index contributed by atoms with van der Waals surface area (Å²) in [5.41, 5.74) is 2.21. The number of ether oxygens (including phenoxy) is 1. The van der Waals surface area contributed by atoms with Crippen LogP contribution < -0.4 is 5.32 Å². The van der Waals surface area contributed by atoms with Crippen LogP contribution in [0.4, 0.5) is 0 Å². The Kier molecular flexibility index (Phi) is 8.19. The molecule has 1 N–H and O–H groups in total. The highest BCUT2D eigenvalue weighted by Gasteiger charge is 2.15. The number of aromatic nitrogens is 2. The van der Waals surface area contributed by atoms with Gasteiger partial charge < -0.3 is 10.1 Å². The van der Waals surface area contributed by atoms with E-state index in [0.29, 0.717) is 5.92 Å². The second-order valence-electron chi connectivity index (χ2n) is 5.22. The van der Waals surface area contributed by atoms with Crippen LogP contribution in [0.25, 0.3) is 0 Å². The first-order valence-corrected chi connectivity index (χ1v) is 7.95. The topological polar surface area (TPSA) is 39.1 Å². The third-order valence-electron chi connectivity index (χ3n) is 3.54. The van der Waals surface area contributed by atoms with Crippen LogP contribution in [0.15, 0.2) is 0 Å². The van der Waals surface area contributed by atoms with Gasteiger partial charge in [-0.2, -0.15) is 5.10 Å². The third kappa shape index (κ3) is 5.08. The first-order chi connectivity index (χ1) is 9.63. The second kappa shape index (κ2) is 9.37. The maximum Gasteiger partial charge on any atom is 0.0849 e. The SMILES string of the molecule is CCc1nn(CC)c(CCC(C)CNCCOC)c1Cl. The molecule has 0 amide bonds. The lowest BCUT2D eigenvalue weighted by Crippen LogP contribution is -2.25. The molecule has 0 saturated heterocycles. The Hall–Kier alpha value is -0.580. The largest absolute Gasteiger partial charge is 0.383 e. The van der Waals surface area contributed by atoms with Crippen molar-refractivity contribution in [1.29, 1.82) is 0 Å². The average Bonchev–Trinajstić information content (AvgIpc) is 2.77. The predicted molar refractivity (Wildman–Crippen MR) is 84.5 cm³/mol. The van der Waals surface area contributed by atoms with E-state index in [2.05, 4.69) is 31.2 Å². The maximum absolute atomic E-state index is 6.42. The van der Waals surface area contributed by atoms with Gasteiger partial charge in [-0.3, -0.25) is 4.68 Å². The number of nitrogens with zero attached hydrogens (tertiary/aromatic N) is 2. The summed E-state index contributed by atoms with van der Waals surface area (Å²) in [7, 11) is 1.73. The molecule has 1 aromatic rings. The minimum atomic E-state index is 0.619. The Morgan fingerprint density at radius 2 is 2.15 bits per heavy atom. The molecule has 5 heteroatoms. The van der Waals surface area contributed by atoms with Crippen LogP contribution in [-0.4, -0.2) is 36.6 Å². The van der Waals surface area contributed by atoms with E-state index in [0.717, 1.165) is 56.2 Å². The smallest absolute Gasteiger partial charge is 0.0849 e. The van der Waals surface area contributed by atoms with E-state index in [4.69, 9.17) is 16.3 Å². The van der Waals surface area contributed by atoms with Gasteiger partial charge in [-0.15, -0.1) is 0 Å². The Balaban J connectivity index is 2.46. The van der Waals surface area contributed by atoms with Crippen molar-refractivity contribution in [3.05, 3.63) is 16.4 Å². The van der Waals surface area contributed by atoms with Crippen molar-refractivity contribution in [3.8, 4) is 0 Å². The summed E-state index contributed by atoms with van der Waals surface area (Å²) < 4.78 is 7.07. The summed E-state index contributed by atoms with van der Waals surface area (Å²) >= 11 is 6.42. The highest BCUT2D eigenvalue weighted by atomic mass is 35.5. The van der Waals surface area contributed by atoms with Crippen molar-refractivity contribution in [2.75, 3.05) is 26.8 Å². The molecule has 116 valence electrons. The van der Waals surface area contributed by atoms with Crippen molar-refractivity contribution in [2.24, 2.45) is 5.92 Å². The van der Waals surface area contributed by atoms with E-state index < -0.39 is 0 Å². The number of rotatable bonds is 10. The number of halogens is 1. The zero-order valence-electron chi connectivity index (χ0n) is 13.2. The van der Waals surface area contributed by atoms with E-state index in [9.17, 15) is 0 Å². The van der Waals surface area contributed by atoms with Gasteiger partial charge in [0.05, 0.1) is 23.0 Å². The molecule has 1 aromatic heterocycles. The molecule has 20 heavy (non-hydrogen) atoms. The minimum Gasteiger partial charge on any atom is -0.383 e. The summed E-state index contributed by atoms with van der Waals surface area (Å²) in [5.74, 6) is 0.619. The number of aryl methyl sites for hydroxylation is 2. The monoisotopic (exact) mass is 301 g/mol. The minimum absolute atomic E-state index is 0.619. The lowest BCUT2D eigenvalue weighted by atomic mass is 10.0. The van der Waals surface area contributed by atoms with Gasteiger partial charge >= 0.3 is 0 Å². The fourth-order valence-electron chi connectivity index (χ4n) is 2.26. The lowest BCUT2D eigenvalue weighted by Gasteiger charge is -2.13. The number of hydrogen-bond donors (Lipinski definition) is 1. The van der Waals surface area contributed by atoms with Crippen LogP contribution >= 0.6 is 11.6 Å². The van der Waals surface area contributed by atoms with Gasteiger partial charge in [0.2, 0.25) is 0 Å². The van der Waals surface area contributed by atoms with E-state index in [1.165, 1.54) is 5.69 Å². The third-order valence-corrected chi connectivity index (χ3v) is 3.98. The summed E-state index contributed by atoms with van der Waals surface area (Å²) in [5, 5.41) is 8.83. The standard InChI is InChI=1S/C15H28ClN3O/c1-5-13-15(16)14(19(6-2)18-13)8-7-12(3)11-17-9-10-20-4/h12,17H,5-11H2,1-4H3. The zero-order chi connectivity index (χ0) is 15.0. The van der Waals surface area contributed by atoms with Crippen molar-refractivity contribution in [3.63, 3.8) is 0 Å². The molecule has 0 saturated carbocycles. The van der Waals surface area contributed by atoms with Gasteiger partial charge in [0.1, 0.15) is 0 Å². The van der Waals surface area contributed by atoms with Crippen molar-refractivity contribution >= 4 is 11.6 Å². The molecular formula is C15H28ClN3O. The molecule has 1 unspecified atom stereocenters. The van der Waals surface area contributed by atoms with Crippen LogP contribution in [0, 0.1) is 5.92 Å². The van der Waals surface area contributed by atoms with Gasteiger partial charge in [0.25, 0.3) is 0 Å².